The molecule has 1 aliphatic rings. The first kappa shape index (κ1) is 16.4. The molecule has 1 saturated heterocycles. The summed E-state index contributed by atoms with van der Waals surface area (Å²) in [6, 6.07) is 9.73. The van der Waals surface area contributed by atoms with E-state index in [-0.39, 0.29) is 5.91 Å². The Kier molecular flexibility index (Phi) is 4.79. The van der Waals surface area contributed by atoms with Gasteiger partial charge in [-0.2, -0.15) is 0 Å². The minimum Gasteiger partial charge on any atom is -0.337 e. The minimum absolute atomic E-state index is 0.000216. The fourth-order valence-electron chi connectivity index (χ4n) is 2.94. The second kappa shape index (κ2) is 6.99. The number of hydrogen-bond donors (Lipinski definition) is 1. The van der Waals surface area contributed by atoms with Gasteiger partial charge in [0.25, 0.3) is 5.91 Å². The van der Waals surface area contributed by atoms with E-state index >= 15 is 0 Å². The number of benzene rings is 1. The van der Waals surface area contributed by atoms with Gasteiger partial charge < -0.3 is 10.2 Å². The Balaban J connectivity index is 1.81. The van der Waals surface area contributed by atoms with Crippen molar-refractivity contribution in [1.82, 2.24) is 14.9 Å². The van der Waals surface area contributed by atoms with E-state index < -0.39 is 0 Å². The van der Waals surface area contributed by atoms with E-state index in [1.54, 1.807) is 6.07 Å². The molecule has 1 aromatic heterocycles. The molecule has 5 heteroatoms. The number of likely N-dealkylation sites (tertiary alicyclic amines) is 1. The van der Waals surface area contributed by atoms with Crippen LogP contribution in [0.3, 0.4) is 0 Å². The summed E-state index contributed by atoms with van der Waals surface area (Å²) in [6.07, 6.45) is 2.12. The standard InChI is InChI=1S/C19H24N4O/c1-13-8-10-23(11-9-13)18(24)17-12-15(3)20-19(22-17)21-16-7-5-4-6-14(16)2/h4-7,12-13H,8-11H2,1-3H3,(H,20,21,22). The fraction of sp³-hybridized carbons (Fsp3) is 0.421. The number of anilines is 2. The van der Waals surface area contributed by atoms with Gasteiger partial charge in [-0.1, -0.05) is 25.1 Å². The van der Waals surface area contributed by atoms with Gasteiger partial charge in [0.15, 0.2) is 0 Å². The number of amides is 1. The molecular weight excluding hydrogens is 300 g/mol. The predicted molar refractivity (Wildman–Crippen MR) is 95.5 cm³/mol. The van der Waals surface area contributed by atoms with Gasteiger partial charge in [0.05, 0.1) is 0 Å². The van der Waals surface area contributed by atoms with Crippen molar-refractivity contribution in [2.75, 3.05) is 18.4 Å². The second-order valence-corrected chi connectivity index (χ2v) is 6.63. The van der Waals surface area contributed by atoms with E-state index in [2.05, 4.69) is 22.2 Å². The van der Waals surface area contributed by atoms with Gasteiger partial charge in [0.1, 0.15) is 5.69 Å². The number of piperidine rings is 1. The van der Waals surface area contributed by atoms with Crippen molar-refractivity contribution in [3.63, 3.8) is 0 Å². The van der Waals surface area contributed by atoms with Crippen LogP contribution < -0.4 is 5.32 Å². The third kappa shape index (κ3) is 3.72. The summed E-state index contributed by atoms with van der Waals surface area (Å²) in [4.78, 5) is 23.5. The van der Waals surface area contributed by atoms with Gasteiger partial charge in [0, 0.05) is 24.5 Å². The van der Waals surface area contributed by atoms with Crippen LogP contribution in [-0.4, -0.2) is 33.9 Å². The summed E-state index contributed by atoms with van der Waals surface area (Å²) >= 11 is 0. The number of nitrogens with one attached hydrogen (secondary N) is 1. The highest BCUT2D eigenvalue weighted by Gasteiger charge is 2.23. The van der Waals surface area contributed by atoms with E-state index in [1.165, 1.54) is 0 Å². The zero-order valence-electron chi connectivity index (χ0n) is 14.5. The lowest BCUT2D eigenvalue weighted by molar-refractivity contribution is 0.0691. The molecule has 24 heavy (non-hydrogen) atoms. The molecule has 1 N–H and O–H groups in total. The Labute approximate surface area is 143 Å². The monoisotopic (exact) mass is 324 g/mol. The lowest BCUT2D eigenvalue weighted by Crippen LogP contribution is -2.38. The molecule has 2 aromatic rings. The SMILES string of the molecule is Cc1cc(C(=O)N2CCC(C)CC2)nc(Nc2ccccc2C)n1. The number of aryl methyl sites for hydroxylation is 2. The molecule has 1 aromatic carbocycles. The van der Waals surface area contributed by atoms with E-state index in [4.69, 9.17) is 0 Å². The minimum atomic E-state index is 0.000216. The molecular formula is C19H24N4O. The van der Waals surface area contributed by atoms with Crippen molar-refractivity contribution in [1.29, 1.82) is 0 Å². The Bertz CT molecular complexity index is 736. The van der Waals surface area contributed by atoms with Gasteiger partial charge >= 0.3 is 0 Å². The van der Waals surface area contributed by atoms with Gasteiger partial charge in [-0.15, -0.1) is 0 Å². The lowest BCUT2D eigenvalue weighted by atomic mass is 9.99. The fourth-order valence-corrected chi connectivity index (χ4v) is 2.94. The van der Waals surface area contributed by atoms with Crippen LogP contribution in [0.1, 0.15) is 41.5 Å². The average molecular weight is 324 g/mol. The Hall–Kier alpha value is -2.43. The molecule has 2 heterocycles. The summed E-state index contributed by atoms with van der Waals surface area (Å²) in [7, 11) is 0. The van der Waals surface area contributed by atoms with Crippen molar-refractivity contribution in [3.05, 3.63) is 47.3 Å². The molecule has 0 saturated carbocycles. The number of nitrogens with zero attached hydrogens (tertiary/aromatic N) is 3. The third-order valence-electron chi connectivity index (χ3n) is 4.54. The lowest BCUT2D eigenvalue weighted by Gasteiger charge is -2.30. The molecule has 126 valence electrons. The molecule has 0 atom stereocenters. The quantitative estimate of drug-likeness (QED) is 0.935. The number of rotatable bonds is 3. The van der Waals surface area contributed by atoms with Gasteiger partial charge in [-0.25, -0.2) is 9.97 Å². The third-order valence-corrected chi connectivity index (χ3v) is 4.54. The molecule has 0 spiro atoms. The van der Waals surface area contributed by atoms with Crippen LogP contribution in [0.2, 0.25) is 0 Å². The smallest absolute Gasteiger partial charge is 0.272 e. The normalized spacial score (nSPS) is 15.4. The zero-order chi connectivity index (χ0) is 17.1. The highest BCUT2D eigenvalue weighted by molar-refractivity contribution is 5.92. The Morgan fingerprint density at radius 3 is 2.58 bits per heavy atom. The molecule has 0 radical (unpaired) electrons. The molecule has 1 aliphatic heterocycles. The van der Waals surface area contributed by atoms with E-state index in [0.29, 0.717) is 17.6 Å². The topological polar surface area (TPSA) is 58.1 Å². The summed E-state index contributed by atoms with van der Waals surface area (Å²) in [5.41, 5.74) is 3.32. The maximum atomic E-state index is 12.7. The maximum Gasteiger partial charge on any atom is 0.272 e. The van der Waals surface area contributed by atoms with Crippen molar-refractivity contribution >= 4 is 17.5 Å². The van der Waals surface area contributed by atoms with Gasteiger partial charge in [0.2, 0.25) is 5.95 Å². The number of carbonyl (C=O) groups excluding carboxylic acids is 1. The molecule has 3 rings (SSSR count). The van der Waals surface area contributed by atoms with Crippen LogP contribution in [0.4, 0.5) is 11.6 Å². The molecule has 0 unspecified atom stereocenters. The van der Waals surface area contributed by atoms with Crippen LogP contribution >= 0.6 is 0 Å². The first-order valence-corrected chi connectivity index (χ1v) is 8.50. The Morgan fingerprint density at radius 1 is 1.17 bits per heavy atom. The summed E-state index contributed by atoms with van der Waals surface area (Å²) < 4.78 is 0. The van der Waals surface area contributed by atoms with E-state index in [9.17, 15) is 4.79 Å². The van der Waals surface area contributed by atoms with Gasteiger partial charge in [-0.3, -0.25) is 4.79 Å². The summed E-state index contributed by atoms with van der Waals surface area (Å²) in [5, 5.41) is 3.23. The highest BCUT2D eigenvalue weighted by atomic mass is 16.2. The number of carbonyl (C=O) groups is 1. The molecule has 1 amide bonds. The largest absolute Gasteiger partial charge is 0.337 e. The highest BCUT2D eigenvalue weighted by Crippen LogP contribution is 2.20. The zero-order valence-corrected chi connectivity index (χ0v) is 14.5. The predicted octanol–water partition coefficient (Wildman–Crippen LogP) is 3.71. The van der Waals surface area contributed by atoms with Crippen LogP contribution in [0.25, 0.3) is 0 Å². The van der Waals surface area contributed by atoms with Crippen molar-refractivity contribution in [3.8, 4) is 0 Å². The van der Waals surface area contributed by atoms with Crippen LogP contribution in [0, 0.1) is 19.8 Å². The number of para-hydroxylation sites is 1. The maximum absolute atomic E-state index is 12.7. The average Bonchev–Trinajstić information content (AvgIpc) is 2.56. The van der Waals surface area contributed by atoms with Crippen molar-refractivity contribution in [2.45, 2.75) is 33.6 Å². The van der Waals surface area contributed by atoms with Crippen molar-refractivity contribution < 1.29 is 4.79 Å². The summed E-state index contributed by atoms with van der Waals surface area (Å²) in [6.45, 7) is 7.77. The van der Waals surface area contributed by atoms with Gasteiger partial charge in [-0.05, 0) is 50.3 Å². The molecule has 0 aliphatic carbocycles. The summed E-state index contributed by atoms with van der Waals surface area (Å²) in [5.74, 6) is 1.16. The first-order chi connectivity index (χ1) is 11.5. The molecule has 0 bridgehead atoms. The van der Waals surface area contributed by atoms with E-state index in [1.807, 2.05) is 43.0 Å². The Morgan fingerprint density at radius 2 is 1.88 bits per heavy atom. The van der Waals surface area contributed by atoms with E-state index in [0.717, 1.165) is 42.9 Å². The van der Waals surface area contributed by atoms with Crippen LogP contribution in [0.5, 0.6) is 0 Å². The number of aromatic nitrogens is 2. The van der Waals surface area contributed by atoms with Crippen molar-refractivity contribution in [2.24, 2.45) is 5.92 Å². The number of hydrogen-bond acceptors (Lipinski definition) is 4. The first-order valence-electron chi connectivity index (χ1n) is 8.50. The second-order valence-electron chi connectivity index (χ2n) is 6.63. The van der Waals surface area contributed by atoms with Crippen LogP contribution in [-0.2, 0) is 0 Å². The molecule has 1 fully saturated rings. The van der Waals surface area contributed by atoms with Crippen LogP contribution in [0.15, 0.2) is 30.3 Å². The molecule has 5 nitrogen and oxygen atoms in total.